The first-order valence-electron chi connectivity index (χ1n) is 6.28. The second kappa shape index (κ2) is 4.39. The Morgan fingerprint density at radius 1 is 1.16 bits per heavy atom. The normalized spacial score (nSPS) is 15.8. The number of benzene rings is 2. The van der Waals surface area contributed by atoms with Gasteiger partial charge in [-0.05, 0) is 24.6 Å². The fourth-order valence-electron chi connectivity index (χ4n) is 2.49. The highest BCUT2D eigenvalue weighted by molar-refractivity contribution is 6.16. The van der Waals surface area contributed by atoms with Crippen LogP contribution in [-0.4, -0.2) is 10.9 Å². The summed E-state index contributed by atoms with van der Waals surface area (Å²) in [5.74, 6) is 0.228. The number of rotatable bonds is 1. The number of phenolic OH excluding ortho intramolecular Hbond substituents is 1. The van der Waals surface area contributed by atoms with Crippen LogP contribution in [-0.2, 0) is 6.42 Å². The molecule has 2 aromatic carbocycles. The predicted molar refractivity (Wildman–Crippen MR) is 75.3 cm³/mol. The molecule has 1 aliphatic rings. The Labute approximate surface area is 112 Å². The molecular formula is C17H14O2. The first-order valence-corrected chi connectivity index (χ1v) is 6.28. The number of Topliss-reactive ketones (excluding diaryl/α,β-unsaturated/α-hetero) is 1. The third-order valence-corrected chi connectivity index (χ3v) is 3.44. The van der Waals surface area contributed by atoms with Crippen molar-refractivity contribution in [1.82, 2.24) is 0 Å². The molecule has 2 heteroatoms. The number of phenols is 1. The number of allylic oxidation sites excluding steroid dienone is 1. The molecule has 94 valence electrons. The number of hydrogen-bond acceptors (Lipinski definition) is 2. The van der Waals surface area contributed by atoms with Crippen LogP contribution in [0.25, 0.3) is 6.08 Å². The molecule has 0 atom stereocenters. The van der Waals surface area contributed by atoms with Crippen molar-refractivity contribution in [3.63, 3.8) is 0 Å². The molecule has 0 radical (unpaired) electrons. The summed E-state index contributed by atoms with van der Waals surface area (Å²) in [6, 6.07) is 13.1. The zero-order chi connectivity index (χ0) is 13.4. The highest BCUT2D eigenvalue weighted by Gasteiger charge is 2.26. The van der Waals surface area contributed by atoms with Gasteiger partial charge in [0.2, 0.25) is 0 Å². The van der Waals surface area contributed by atoms with E-state index in [-0.39, 0.29) is 11.5 Å². The van der Waals surface area contributed by atoms with Gasteiger partial charge < -0.3 is 5.11 Å². The van der Waals surface area contributed by atoms with Crippen LogP contribution in [0.4, 0.5) is 0 Å². The fourth-order valence-corrected chi connectivity index (χ4v) is 2.49. The summed E-state index contributed by atoms with van der Waals surface area (Å²) in [5.41, 5.74) is 4.29. The molecule has 0 fully saturated rings. The first kappa shape index (κ1) is 11.7. The zero-order valence-corrected chi connectivity index (χ0v) is 10.7. The summed E-state index contributed by atoms with van der Waals surface area (Å²) in [6.45, 7) is 2.03. The molecule has 0 unspecified atom stereocenters. The van der Waals surface area contributed by atoms with E-state index in [1.807, 2.05) is 37.3 Å². The Morgan fingerprint density at radius 2 is 1.95 bits per heavy atom. The summed E-state index contributed by atoms with van der Waals surface area (Å²) < 4.78 is 0. The number of ketones is 1. The van der Waals surface area contributed by atoms with Crippen LogP contribution >= 0.6 is 0 Å². The Balaban J connectivity index is 2.02. The van der Waals surface area contributed by atoms with Crippen molar-refractivity contribution in [3.8, 4) is 5.75 Å². The maximum atomic E-state index is 12.3. The van der Waals surface area contributed by atoms with Crippen LogP contribution in [0.15, 0.2) is 48.0 Å². The summed E-state index contributed by atoms with van der Waals surface area (Å²) >= 11 is 0. The van der Waals surface area contributed by atoms with Crippen molar-refractivity contribution in [2.24, 2.45) is 0 Å². The monoisotopic (exact) mass is 250 g/mol. The van der Waals surface area contributed by atoms with Crippen LogP contribution in [0.5, 0.6) is 5.75 Å². The van der Waals surface area contributed by atoms with Crippen LogP contribution in [0.1, 0.15) is 27.0 Å². The smallest absolute Gasteiger partial charge is 0.189 e. The van der Waals surface area contributed by atoms with Crippen molar-refractivity contribution in [2.45, 2.75) is 13.3 Å². The average Bonchev–Trinajstić information content (AvgIpc) is 2.69. The minimum Gasteiger partial charge on any atom is -0.508 e. The third-order valence-electron chi connectivity index (χ3n) is 3.44. The molecule has 19 heavy (non-hydrogen) atoms. The van der Waals surface area contributed by atoms with E-state index in [2.05, 4.69) is 0 Å². The van der Waals surface area contributed by atoms with Crippen LogP contribution < -0.4 is 0 Å². The second-order valence-corrected chi connectivity index (χ2v) is 4.89. The van der Waals surface area contributed by atoms with Gasteiger partial charge in [-0.2, -0.15) is 0 Å². The molecule has 2 aromatic rings. The largest absolute Gasteiger partial charge is 0.508 e. The van der Waals surface area contributed by atoms with Crippen LogP contribution in [0.3, 0.4) is 0 Å². The lowest BCUT2D eigenvalue weighted by Crippen LogP contribution is -1.95. The molecule has 0 aliphatic heterocycles. The molecule has 2 nitrogen and oxygen atoms in total. The summed E-state index contributed by atoms with van der Waals surface area (Å²) in [7, 11) is 0. The number of carbonyl (C=O) groups is 1. The third kappa shape index (κ3) is 2.06. The van der Waals surface area contributed by atoms with Crippen molar-refractivity contribution in [1.29, 1.82) is 0 Å². The Hall–Kier alpha value is -2.35. The van der Waals surface area contributed by atoms with E-state index in [1.54, 1.807) is 18.2 Å². The first-order chi connectivity index (χ1) is 9.15. The van der Waals surface area contributed by atoms with Crippen molar-refractivity contribution in [2.75, 3.05) is 0 Å². The van der Waals surface area contributed by atoms with E-state index < -0.39 is 0 Å². The highest BCUT2D eigenvalue weighted by atomic mass is 16.3. The predicted octanol–water partition coefficient (Wildman–Crippen LogP) is 3.52. The minimum atomic E-state index is 0.0207. The Morgan fingerprint density at radius 3 is 2.68 bits per heavy atom. The van der Waals surface area contributed by atoms with Gasteiger partial charge in [0.25, 0.3) is 0 Å². The maximum Gasteiger partial charge on any atom is 0.189 e. The molecule has 1 N–H and O–H groups in total. The van der Waals surface area contributed by atoms with E-state index in [9.17, 15) is 9.90 Å². The average molecular weight is 250 g/mol. The van der Waals surface area contributed by atoms with Gasteiger partial charge in [0.05, 0.1) is 0 Å². The van der Waals surface area contributed by atoms with Gasteiger partial charge in [0.15, 0.2) is 5.78 Å². The standard InChI is InChI=1S/C17H14O2/c1-11-4-2-5-12(8-11)9-13-10-15-14(17(13)19)6-3-7-16(15)18/h2-9,18H,10H2,1H3. The lowest BCUT2D eigenvalue weighted by atomic mass is 10.1. The number of carbonyl (C=O) groups excluding carboxylic acids is 1. The van der Waals surface area contributed by atoms with Gasteiger partial charge in [-0.3, -0.25) is 4.79 Å². The van der Waals surface area contributed by atoms with E-state index >= 15 is 0 Å². The topological polar surface area (TPSA) is 37.3 Å². The van der Waals surface area contributed by atoms with E-state index in [0.717, 1.165) is 16.7 Å². The van der Waals surface area contributed by atoms with E-state index in [0.29, 0.717) is 12.0 Å². The zero-order valence-electron chi connectivity index (χ0n) is 10.7. The molecular weight excluding hydrogens is 236 g/mol. The van der Waals surface area contributed by atoms with Crippen molar-refractivity contribution in [3.05, 3.63) is 70.3 Å². The lowest BCUT2D eigenvalue weighted by Gasteiger charge is -1.98. The van der Waals surface area contributed by atoms with Gasteiger partial charge in [-0.1, -0.05) is 42.0 Å². The molecule has 0 amide bonds. The van der Waals surface area contributed by atoms with E-state index in [1.165, 1.54) is 5.56 Å². The van der Waals surface area contributed by atoms with Crippen LogP contribution in [0.2, 0.25) is 0 Å². The summed E-state index contributed by atoms with van der Waals surface area (Å²) in [4.78, 5) is 12.3. The van der Waals surface area contributed by atoms with Crippen molar-refractivity contribution < 1.29 is 9.90 Å². The Bertz CT molecular complexity index is 696. The number of aromatic hydroxyl groups is 1. The second-order valence-electron chi connectivity index (χ2n) is 4.89. The molecule has 0 heterocycles. The van der Waals surface area contributed by atoms with E-state index in [4.69, 9.17) is 0 Å². The quantitative estimate of drug-likeness (QED) is 0.786. The van der Waals surface area contributed by atoms with Gasteiger partial charge in [0, 0.05) is 23.1 Å². The SMILES string of the molecule is Cc1cccc(C=C2Cc3c(O)cccc3C2=O)c1. The minimum absolute atomic E-state index is 0.0207. The lowest BCUT2D eigenvalue weighted by molar-refractivity contribution is 0.104. The molecule has 0 bridgehead atoms. The summed E-state index contributed by atoms with van der Waals surface area (Å²) in [5, 5.41) is 9.80. The number of hydrogen-bond donors (Lipinski definition) is 1. The molecule has 0 aromatic heterocycles. The molecule has 0 saturated carbocycles. The number of aryl methyl sites for hydroxylation is 1. The molecule has 0 saturated heterocycles. The van der Waals surface area contributed by atoms with Gasteiger partial charge in [-0.25, -0.2) is 0 Å². The molecule has 3 rings (SSSR count). The highest BCUT2D eigenvalue weighted by Crippen LogP contribution is 2.33. The molecule has 0 spiro atoms. The summed E-state index contributed by atoms with van der Waals surface area (Å²) in [6.07, 6.45) is 2.42. The van der Waals surface area contributed by atoms with Gasteiger partial charge >= 0.3 is 0 Å². The number of fused-ring (bicyclic) bond motifs is 1. The van der Waals surface area contributed by atoms with Gasteiger partial charge in [-0.15, -0.1) is 0 Å². The Kier molecular flexibility index (Phi) is 2.71. The van der Waals surface area contributed by atoms with Gasteiger partial charge in [0.1, 0.15) is 5.75 Å². The van der Waals surface area contributed by atoms with Crippen LogP contribution in [0, 0.1) is 6.92 Å². The maximum absolute atomic E-state index is 12.3. The van der Waals surface area contributed by atoms with Crippen molar-refractivity contribution >= 4 is 11.9 Å². The molecule has 1 aliphatic carbocycles. The fraction of sp³-hybridized carbons (Fsp3) is 0.118.